The Labute approximate surface area is 129 Å². The predicted molar refractivity (Wildman–Crippen MR) is 81.9 cm³/mol. The van der Waals surface area contributed by atoms with Crippen LogP contribution in [0.2, 0.25) is 0 Å². The number of nitrogens with one attached hydrogen (secondary N) is 1. The molecule has 1 aliphatic rings. The fourth-order valence-electron chi connectivity index (χ4n) is 2.60. The molecular weight excluding hydrogens is 288 g/mol. The second kappa shape index (κ2) is 6.58. The molecule has 0 spiro atoms. The lowest BCUT2D eigenvalue weighted by Gasteiger charge is -2.28. The zero-order valence-corrected chi connectivity index (χ0v) is 13.3. The van der Waals surface area contributed by atoms with E-state index in [0.29, 0.717) is 19.4 Å². The fourth-order valence-corrected chi connectivity index (χ4v) is 3.38. The minimum Gasteiger partial charge on any atom is -0.383 e. The molecule has 2 atom stereocenters. The Morgan fingerprint density at radius 3 is 2.90 bits per heavy atom. The molecule has 116 valence electrons. The van der Waals surface area contributed by atoms with Crippen LogP contribution in [-0.4, -0.2) is 41.0 Å². The first kappa shape index (κ1) is 16.0. The normalized spacial score (nSPS) is 19.4. The lowest BCUT2D eigenvalue weighted by molar-refractivity contribution is -0.138. The number of aliphatic hydroxyl groups is 1. The fraction of sp³-hybridized carbons (Fsp3) is 0.600. The van der Waals surface area contributed by atoms with Gasteiger partial charge in [-0.1, -0.05) is 13.0 Å². The van der Waals surface area contributed by atoms with Crippen molar-refractivity contribution in [1.29, 1.82) is 0 Å². The minimum atomic E-state index is -1.09. The molecule has 2 rings (SSSR count). The van der Waals surface area contributed by atoms with Gasteiger partial charge in [0.1, 0.15) is 11.6 Å². The molecule has 0 aromatic carbocycles. The van der Waals surface area contributed by atoms with Crippen molar-refractivity contribution in [2.24, 2.45) is 0 Å². The first-order valence-corrected chi connectivity index (χ1v) is 8.17. The third-order valence-corrected chi connectivity index (χ3v) is 4.96. The molecule has 1 aromatic rings. The SMILES string of the molecule is CCC(C(=O)NCC(C)(O)c1cccs1)N1CCCC1=O. The van der Waals surface area contributed by atoms with Crippen LogP contribution in [0.25, 0.3) is 0 Å². The highest BCUT2D eigenvalue weighted by atomic mass is 32.1. The summed E-state index contributed by atoms with van der Waals surface area (Å²) in [5, 5.41) is 15.1. The summed E-state index contributed by atoms with van der Waals surface area (Å²) in [6.45, 7) is 4.37. The van der Waals surface area contributed by atoms with E-state index in [0.717, 1.165) is 11.3 Å². The van der Waals surface area contributed by atoms with Crippen molar-refractivity contribution >= 4 is 23.2 Å². The van der Waals surface area contributed by atoms with Gasteiger partial charge >= 0.3 is 0 Å². The van der Waals surface area contributed by atoms with Crippen LogP contribution in [0.15, 0.2) is 17.5 Å². The second-order valence-corrected chi connectivity index (χ2v) is 6.53. The first-order valence-electron chi connectivity index (χ1n) is 7.29. The summed E-state index contributed by atoms with van der Waals surface area (Å²) in [6, 6.07) is 3.28. The maximum atomic E-state index is 12.3. The van der Waals surface area contributed by atoms with Crippen LogP contribution in [0.3, 0.4) is 0 Å². The summed E-state index contributed by atoms with van der Waals surface area (Å²) >= 11 is 1.46. The third-order valence-electron chi connectivity index (χ3n) is 3.83. The van der Waals surface area contributed by atoms with E-state index in [9.17, 15) is 14.7 Å². The van der Waals surface area contributed by atoms with Crippen LogP contribution in [0.4, 0.5) is 0 Å². The zero-order chi connectivity index (χ0) is 15.5. The highest BCUT2D eigenvalue weighted by molar-refractivity contribution is 7.10. The van der Waals surface area contributed by atoms with Gasteiger partial charge in [-0.05, 0) is 31.2 Å². The molecule has 6 heteroatoms. The lowest BCUT2D eigenvalue weighted by Crippen LogP contribution is -2.49. The summed E-state index contributed by atoms with van der Waals surface area (Å²) in [6.07, 6.45) is 1.92. The van der Waals surface area contributed by atoms with Gasteiger partial charge in [0.25, 0.3) is 0 Å². The molecule has 2 amide bonds. The highest BCUT2D eigenvalue weighted by Crippen LogP contribution is 2.24. The average molecular weight is 310 g/mol. The summed E-state index contributed by atoms with van der Waals surface area (Å²) in [4.78, 5) is 26.5. The van der Waals surface area contributed by atoms with Gasteiger partial charge in [0.2, 0.25) is 11.8 Å². The van der Waals surface area contributed by atoms with E-state index in [-0.39, 0.29) is 18.4 Å². The number of thiophene rings is 1. The molecule has 2 N–H and O–H groups in total. The average Bonchev–Trinajstić information content (AvgIpc) is 3.10. The topological polar surface area (TPSA) is 69.6 Å². The molecule has 2 heterocycles. The molecule has 2 unspecified atom stereocenters. The lowest BCUT2D eigenvalue weighted by atomic mass is 10.0. The van der Waals surface area contributed by atoms with Gasteiger partial charge in [-0.3, -0.25) is 9.59 Å². The van der Waals surface area contributed by atoms with Crippen LogP contribution >= 0.6 is 11.3 Å². The minimum absolute atomic E-state index is 0.0435. The number of hydrogen-bond donors (Lipinski definition) is 2. The number of rotatable bonds is 6. The van der Waals surface area contributed by atoms with Crippen molar-refractivity contribution in [2.45, 2.75) is 44.8 Å². The second-order valence-electron chi connectivity index (χ2n) is 5.58. The van der Waals surface area contributed by atoms with Gasteiger partial charge in [0, 0.05) is 17.8 Å². The smallest absolute Gasteiger partial charge is 0.242 e. The summed E-state index contributed by atoms with van der Waals surface area (Å²) in [7, 11) is 0. The maximum Gasteiger partial charge on any atom is 0.242 e. The molecule has 1 saturated heterocycles. The Balaban J connectivity index is 1.95. The van der Waals surface area contributed by atoms with E-state index in [2.05, 4.69) is 5.32 Å². The largest absolute Gasteiger partial charge is 0.383 e. The van der Waals surface area contributed by atoms with Crippen LogP contribution in [-0.2, 0) is 15.2 Å². The molecule has 0 radical (unpaired) electrons. The third kappa shape index (κ3) is 3.63. The van der Waals surface area contributed by atoms with Crippen LogP contribution in [0, 0.1) is 0 Å². The van der Waals surface area contributed by atoms with E-state index >= 15 is 0 Å². The molecule has 1 aromatic heterocycles. The predicted octanol–water partition coefficient (Wildman–Crippen LogP) is 1.47. The van der Waals surface area contributed by atoms with Crippen molar-refractivity contribution in [3.8, 4) is 0 Å². The molecule has 1 aliphatic heterocycles. The molecular formula is C15H22N2O3S. The van der Waals surface area contributed by atoms with Gasteiger partial charge in [-0.15, -0.1) is 11.3 Å². The van der Waals surface area contributed by atoms with Crippen molar-refractivity contribution in [3.05, 3.63) is 22.4 Å². The van der Waals surface area contributed by atoms with Gasteiger partial charge in [-0.2, -0.15) is 0 Å². The van der Waals surface area contributed by atoms with Crippen molar-refractivity contribution < 1.29 is 14.7 Å². The number of amides is 2. The van der Waals surface area contributed by atoms with Gasteiger partial charge < -0.3 is 15.3 Å². The molecule has 0 saturated carbocycles. The van der Waals surface area contributed by atoms with Crippen LogP contribution in [0.1, 0.15) is 38.0 Å². The number of carbonyl (C=O) groups is 2. The standard InChI is InChI=1S/C15H22N2O3S/c1-3-11(17-8-4-7-13(17)18)14(19)16-10-15(2,20)12-6-5-9-21-12/h5-6,9,11,20H,3-4,7-8,10H2,1-2H3,(H,16,19). The van der Waals surface area contributed by atoms with E-state index < -0.39 is 11.6 Å². The van der Waals surface area contributed by atoms with Crippen LogP contribution in [0.5, 0.6) is 0 Å². The number of hydrogen-bond acceptors (Lipinski definition) is 4. The zero-order valence-electron chi connectivity index (χ0n) is 12.5. The molecule has 0 bridgehead atoms. The van der Waals surface area contributed by atoms with Gasteiger partial charge in [0.15, 0.2) is 0 Å². The van der Waals surface area contributed by atoms with Crippen LogP contribution < -0.4 is 5.32 Å². The molecule has 0 aliphatic carbocycles. The van der Waals surface area contributed by atoms with E-state index in [1.165, 1.54) is 11.3 Å². The van der Waals surface area contributed by atoms with Crippen molar-refractivity contribution in [1.82, 2.24) is 10.2 Å². The summed E-state index contributed by atoms with van der Waals surface area (Å²) in [5.74, 6) is -0.147. The molecule has 1 fully saturated rings. The monoisotopic (exact) mass is 310 g/mol. The number of carbonyl (C=O) groups excluding carboxylic acids is 2. The van der Waals surface area contributed by atoms with E-state index in [1.54, 1.807) is 11.8 Å². The Morgan fingerprint density at radius 1 is 1.62 bits per heavy atom. The maximum absolute atomic E-state index is 12.3. The first-order chi connectivity index (χ1) is 9.95. The highest BCUT2D eigenvalue weighted by Gasteiger charge is 2.33. The Kier molecular flexibility index (Phi) is 5.00. The summed E-state index contributed by atoms with van der Waals surface area (Å²) < 4.78 is 0. The number of likely N-dealkylation sites (tertiary alicyclic amines) is 1. The quantitative estimate of drug-likeness (QED) is 0.836. The van der Waals surface area contributed by atoms with E-state index in [4.69, 9.17) is 0 Å². The molecule has 5 nitrogen and oxygen atoms in total. The number of nitrogens with zero attached hydrogens (tertiary/aromatic N) is 1. The molecule has 21 heavy (non-hydrogen) atoms. The van der Waals surface area contributed by atoms with E-state index in [1.807, 2.05) is 24.4 Å². The van der Waals surface area contributed by atoms with Gasteiger partial charge in [0.05, 0.1) is 6.54 Å². The Hall–Kier alpha value is -1.40. The van der Waals surface area contributed by atoms with Crippen molar-refractivity contribution in [3.63, 3.8) is 0 Å². The Bertz CT molecular complexity index is 499. The van der Waals surface area contributed by atoms with Gasteiger partial charge in [-0.25, -0.2) is 0 Å². The van der Waals surface area contributed by atoms with Crippen molar-refractivity contribution in [2.75, 3.05) is 13.1 Å². The Morgan fingerprint density at radius 2 is 2.38 bits per heavy atom. The summed E-state index contributed by atoms with van der Waals surface area (Å²) in [5.41, 5.74) is -1.09.